The van der Waals surface area contributed by atoms with Crippen molar-refractivity contribution in [3.63, 3.8) is 0 Å². The number of aromatic carboxylic acids is 2. The minimum Gasteiger partial charge on any atom is -0.478 e. The Kier molecular flexibility index (Phi) is 16.2. The number of benzene rings is 2. The third-order valence-electron chi connectivity index (χ3n) is 3.42. The van der Waals surface area contributed by atoms with Gasteiger partial charge in [-0.25, -0.2) is 19.2 Å². The number of cyclic esters (lactones) is 2. The predicted molar refractivity (Wildman–Crippen MR) is 122 cm³/mol. The molecule has 2 aromatic rings. The molecule has 1 aliphatic heterocycles. The molecule has 0 saturated heterocycles. The predicted octanol–water partition coefficient (Wildman–Crippen LogP) is 2.03. The Labute approximate surface area is 196 Å². The zero-order valence-corrected chi connectivity index (χ0v) is 18.2. The molecule has 34 heavy (non-hydrogen) atoms. The molecule has 3 rings (SSSR count). The number of aliphatic hydroxyl groups excluding tert-OH is 2. The van der Waals surface area contributed by atoms with E-state index in [2.05, 4.69) is 16.1 Å². The van der Waals surface area contributed by atoms with Crippen LogP contribution in [0.25, 0.3) is 6.08 Å². The molecule has 0 aromatic heterocycles. The molecule has 4 N–H and O–H groups in total. The van der Waals surface area contributed by atoms with Crippen LogP contribution in [0.2, 0.25) is 0 Å². The first-order chi connectivity index (χ1) is 16.2. The van der Waals surface area contributed by atoms with Gasteiger partial charge in [0.1, 0.15) is 0 Å². The Morgan fingerprint density at radius 2 is 1.29 bits per heavy atom. The van der Waals surface area contributed by atoms with Crippen molar-refractivity contribution in [1.82, 2.24) is 0 Å². The number of carbonyl (C=O) groups is 4. The van der Waals surface area contributed by atoms with Crippen molar-refractivity contribution in [3.8, 4) is 0 Å². The summed E-state index contributed by atoms with van der Waals surface area (Å²) in [6.07, 6.45) is 4.00. The third-order valence-corrected chi connectivity index (χ3v) is 3.42. The van der Waals surface area contributed by atoms with E-state index in [1.165, 1.54) is 23.8 Å². The van der Waals surface area contributed by atoms with Crippen LogP contribution < -0.4 is 0 Å². The Bertz CT molecular complexity index is 902. The van der Waals surface area contributed by atoms with Crippen LogP contribution >= 0.6 is 0 Å². The number of hydrogen-bond donors (Lipinski definition) is 4. The van der Waals surface area contributed by atoms with Gasteiger partial charge in [-0.2, -0.15) is 0 Å². The Morgan fingerprint density at radius 1 is 0.824 bits per heavy atom. The van der Waals surface area contributed by atoms with Gasteiger partial charge in [-0.3, -0.25) is 0 Å². The van der Waals surface area contributed by atoms with E-state index in [4.69, 9.17) is 20.4 Å². The van der Waals surface area contributed by atoms with Gasteiger partial charge in [0.05, 0.1) is 37.6 Å². The summed E-state index contributed by atoms with van der Waals surface area (Å²) in [4.78, 5) is 40.6. The highest BCUT2D eigenvalue weighted by Gasteiger charge is 2.10. The lowest BCUT2D eigenvalue weighted by Gasteiger charge is -1.95. The number of carboxylic acid groups (broad SMARTS) is 2. The Morgan fingerprint density at radius 3 is 1.59 bits per heavy atom. The molecule has 0 spiro atoms. The lowest BCUT2D eigenvalue weighted by molar-refractivity contribution is -0.150. The second kappa shape index (κ2) is 18.5. The molecular formula is C24H26O10. The van der Waals surface area contributed by atoms with Crippen LogP contribution in [0.3, 0.4) is 0 Å². The maximum atomic E-state index is 10.4. The van der Waals surface area contributed by atoms with Gasteiger partial charge in [-0.05, 0) is 23.8 Å². The van der Waals surface area contributed by atoms with Gasteiger partial charge in [0.2, 0.25) is 0 Å². The molecular weight excluding hydrogens is 448 g/mol. The average molecular weight is 474 g/mol. The summed E-state index contributed by atoms with van der Waals surface area (Å²) < 4.78 is 8.60. The number of carbonyl (C=O) groups excluding carboxylic acids is 2. The quantitative estimate of drug-likeness (QED) is 0.265. The second-order valence-electron chi connectivity index (χ2n) is 5.94. The first-order valence-corrected chi connectivity index (χ1v) is 9.72. The zero-order valence-electron chi connectivity index (χ0n) is 18.2. The largest absolute Gasteiger partial charge is 0.478 e. The molecule has 1 heterocycles. The smallest absolute Gasteiger partial charge is 0.338 e. The molecule has 2 aromatic carbocycles. The van der Waals surface area contributed by atoms with Gasteiger partial charge in [0.25, 0.3) is 0 Å². The van der Waals surface area contributed by atoms with Crippen molar-refractivity contribution < 1.29 is 49.1 Å². The van der Waals surface area contributed by atoms with Crippen LogP contribution in [0.5, 0.6) is 0 Å². The lowest BCUT2D eigenvalue weighted by Crippen LogP contribution is -2.03. The summed E-state index contributed by atoms with van der Waals surface area (Å²) in [5.74, 6) is -3.41. The maximum absolute atomic E-state index is 10.4. The van der Waals surface area contributed by atoms with Crippen LogP contribution in [-0.4, -0.2) is 70.7 Å². The molecule has 1 aliphatic rings. The normalized spacial score (nSPS) is 10.9. The van der Waals surface area contributed by atoms with Gasteiger partial charge >= 0.3 is 23.9 Å². The van der Waals surface area contributed by atoms with Crippen molar-refractivity contribution in [2.45, 2.75) is 0 Å². The number of rotatable bonds is 7. The van der Waals surface area contributed by atoms with Gasteiger partial charge in [-0.15, -0.1) is 0 Å². The lowest BCUT2D eigenvalue weighted by atomic mass is 10.1. The molecule has 10 nitrogen and oxygen atoms in total. The monoisotopic (exact) mass is 474 g/mol. The summed E-state index contributed by atoms with van der Waals surface area (Å²) in [5, 5.41) is 33.2. The molecule has 0 bridgehead atoms. The first kappa shape index (κ1) is 29.9. The number of ether oxygens (including phenoxy) is 2. The number of carboxylic acids is 2. The minimum absolute atomic E-state index is 0.0186. The minimum atomic E-state index is -1.13. The van der Waals surface area contributed by atoms with E-state index in [1.54, 1.807) is 0 Å². The van der Waals surface area contributed by atoms with Crippen LogP contribution in [0.4, 0.5) is 0 Å². The average Bonchev–Trinajstić information content (AvgIpc) is 3.23. The van der Waals surface area contributed by atoms with Crippen molar-refractivity contribution in [2.24, 2.45) is 0 Å². The van der Waals surface area contributed by atoms with Crippen LogP contribution in [0, 0.1) is 0 Å². The summed E-state index contributed by atoms with van der Waals surface area (Å²) in [5.41, 5.74) is 1.14. The summed E-state index contributed by atoms with van der Waals surface area (Å²) in [6.45, 7) is 4.33. The fraction of sp³-hybridized carbons (Fsp3) is 0.167. The summed E-state index contributed by atoms with van der Waals surface area (Å²) in [7, 11) is 0. The fourth-order valence-electron chi connectivity index (χ4n) is 1.91. The van der Waals surface area contributed by atoms with Gasteiger partial charge in [0.15, 0.2) is 0 Å². The molecule has 0 fully saturated rings. The molecule has 0 radical (unpaired) electrons. The molecule has 0 atom stereocenters. The van der Waals surface area contributed by atoms with Crippen molar-refractivity contribution in [2.75, 3.05) is 26.4 Å². The molecule has 0 unspecified atom stereocenters. The number of aliphatic hydroxyl groups is 2. The van der Waals surface area contributed by atoms with Crippen LogP contribution in [-0.2, 0) is 19.1 Å². The van der Waals surface area contributed by atoms with E-state index in [9.17, 15) is 19.2 Å². The van der Waals surface area contributed by atoms with Crippen LogP contribution in [0.15, 0.2) is 73.3 Å². The van der Waals surface area contributed by atoms with Gasteiger partial charge in [0, 0.05) is 12.2 Å². The molecule has 0 saturated carbocycles. The Hall–Kier alpha value is -4.12. The first-order valence-electron chi connectivity index (χ1n) is 9.72. The highest BCUT2D eigenvalue weighted by Crippen LogP contribution is 2.04. The zero-order chi connectivity index (χ0) is 25.8. The van der Waals surface area contributed by atoms with E-state index in [1.807, 2.05) is 36.4 Å². The van der Waals surface area contributed by atoms with E-state index >= 15 is 0 Å². The van der Waals surface area contributed by atoms with Crippen molar-refractivity contribution in [1.29, 1.82) is 0 Å². The van der Waals surface area contributed by atoms with E-state index < -0.39 is 23.9 Å². The fourth-order valence-corrected chi connectivity index (χ4v) is 1.91. The van der Waals surface area contributed by atoms with E-state index in [0.717, 1.165) is 18.2 Å². The summed E-state index contributed by atoms with van der Waals surface area (Å²) >= 11 is 0. The molecule has 0 aliphatic carbocycles. The van der Waals surface area contributed by atoms with Gasteiger partial charge < -0.3 is 29.9 Å². The highest BCUT2D eigenvalue weighted by molar-refractivity contribution is 6.04. The standard InChI is InChI=1S/C8H6O4.C8H8.C4H2O3.C4H10O3/c9-7(10)5-2-1-3-6(4-5)8(11)12;1-2-8-6-4-3-5-7-8;5-3-1-2-4(6)7-3;5-1-3-7-4-2-6/h1-4H,(H,9,10)(H,11,12);2-7H,1H2;1-2H;5-6H,1-4H2. The maximum Gasteiger partial charge on any atom is 0.338 e. The van der Waals surface area contributed by atoms with Crippen LogP contribution in [0.1, 0.15) is 26.3 Å². The highest BCUT2D eigenvalue weighted by atomic mass is 16.6. The molecule has 182 valence electrons. The number of hydrogen-bond acceptors (Lipinski definition) is 8. The third kappa shape index (κ3) is 14.8. The molecule has 0 amide bonds. The van der Waals surface area contributed by atoms with E-state index in [-0.39, 0.29) is 24.3 Å². The topological polar surface area (TPSA) is 168 Å². The number of esters is 2. The second-order valence-corrected chi connectivity index (χ2v) is 5.94. The van der Waals surface area contributed by atoms with Crippen molar-refractivity contribution in [3.05, 3.63) is 90.0 Å². The molecule has 10 heteroatoms. The summed E-state index contributed by atoms with van der Waals surface area (Å²) in [6, 6.07) is 15.2. The Balaban J connectivity index is 0.000000440. The SMILES string of the molecule is C=Cc1ccccc1.O=C(O)c1cccc(C(=O)O)c1.O=C1C=CC(=O)O1.OCCOCCO. The van der Waals surface area contributed by atoms with Gasteiger partial charge in [-0.1, -0.05) is 49.1 Å². The van der Waals surface area contributed by atoms with Crippen molar-refractivity contribution >= 4 is 30.0 Å². The van der Waals surface area contributed by atoms with E-state index in [0.29, 0.717) is 13.2 Å².